The summed E-state index contributed by atoms with van der Waals surface area (Å²) in [5, 5.41) is 9.06. The number of carbonyl (C=O) groups is 1. The van der Waals surface area contributed by atoms with E-state index in [0.717, 1.165) is 31.0 Å². The van der Waals surface area contributed by atoms with Gasteiger partial charge in [0, 0.05) is 36.6 Å². The summed E-state index contributed by atoms with van der Waals surface area (Å²) in [7, 11) is 2.31. The number of fused-ring (bicyclic) bond motifs is 4. The van der Waals surface area contributed by atoms with Gasteiger partial charge in [-0.15, -0.1) is 0 Å². The van der Waals surface area contributed by atoms with Gasteiger partial charge in [0.05, 0.1) is 0 Å². The Kier molecular flexibility index (Phi) is 3.49. The van der Waals surface area contributed by atoms with Crippen LogP contribution in [0, 0.1) is 5.92 Å². The van der Waals surface area contributed by atoms with Crippen LogP contribution in [-0.4, -0.2) is 58.1 Å². The molecule has 0 spiro atoms. The molecule has 4 unspecified atom stereocenters. The zero-order valence-electron chi connectivity index (χ0n) is 13.1. The second-order valence-electron chi connectivity index (χ2n) is 7.94. The zero-order valence-corrected chi connectivity index (χ0v) is 13.1. The Hall–Kier alpha value is -0.610. The number of carboxylic acid groups (broad SMARTS) is 1. The average Bonchev–Trinajstić information content (AvgIpc) is 2.81. The van der Waals surface area contributed by atoms with E-state index in [1.54, 1.807) is 0 Å². The number of carboxylic acids is 1. The molecule has 4 aliphatic heterocycles. The van der Waals surface area contributed by atoms with E-state index in [9.17, 15) is 4.79 Å². The molecule has 118 valence electrons. The third-order valence-electron chi connectivity index (χ3n) is 6.85. The minimum atomic E-state index is -0.606. The summed E-state index contributed by atoms with van der Waals surface area (Å²) in [6, 6.07) is 3.76. The molecule has 4 aliphatic rings. The lowest BCUT2D eigenvalue weighted by molar-refractivity contribution is -0.138. The van der Waals surface area contributed by atoms with Crippen molar-refractivity contribution in [3.8, 4) is 0 Å². The monoisotopic (exact) mass is 292 g/mol. The predicted octanol–water partition coefficient (Wildman–Crippen LogP) is 2.33. The molecule has 4 saturated heterocycles. The van der Waals surface area contributed by atoms with Crippen LogP contribution in [0.4, 0.5) is 0 Å². The van der Waals surface area contributed by atoms with E-state index in [0.29, 0.717) is 24.4 Å². The lowest BCUT2D eigenvalue weighted by atomic mass is 9.85. The Bertz CT molecular complexity index is 399. The molecule has 0 aromatic carbocycles. The van der Waals surface area contributed by atoms with Crippen LogP contribution >= 0.6 is 0 Å². The third-order valence-corrected chi connectivity index (χ3v) is 6.85. The first-order chi connectivity index (χ1) is 10.1. The molecule has 0 amide bonds. The van der Waals surface area contributed by atoms with E-state index in [-0.39, 0.29) is 0 Å². The van der Waals surface area contributed by atoms with Crippen LogP contribution < -0.4 is 0 Å². The van der Waals surface area contributed by atoms with Gasteiger partial charge in [0.15, 0.2) is 0 Å². The summed E-state index contributed by atoms with van der Waals surface area (Å²) in [5.74, 6) is -0.176. The first-order valence-electron chi connectivity index (χ1n) is 8.83. The average molecular weight is 292 g/mol. The van der Waals surface area contributed by atoms with Crippen LogP contribution in [0.3, 0.4) is 0 Å². The Morgan fingerprint density at radius 1 is 0.905 bits per heavy atom. The van der Waals surface area contributed by atoms with Gasteiger partial charge >= 0.3 is 5.97 Å². The van der Waals surface area contributed by atoms with Crippen molar-refractivity contribution in [3.63, 3.8) is 0 Å². The molecule has 4 rings (SSSR count). The highest BCUT2D eigenvalue weighted by Crippen LogP contribution is 2.45. The van der Waals surface area contributed by atoms with Crippen molar-refractivity contribution in [2.45, 2.75) is 88.0 Å². The third kappa shape index (κ3) is 2.40. The fourth-order valence-electron chi connectivity index (χ4n) is 5.96. The number of rotatable bonds is 3. The molecule has 4 nitrogen and oxygen atoms in total. The molecule has 4 heterocycles. The van der Waals surface area contributed by atoms with E-state index in [1.165, 1.54) is 38.5 Å². The smallest absolute Gasteiger partial charge is 0.303 e. The fraction of sp³-hybridized carbons (Fsp3) is 0.941. The van der Waals surface area contributed by atoms with Crippen molar-refractivity contribution in [2.75, 3.05) is 7.05 Å². The first kappa shape index (κ1) is 14.0. The van der Waals surface area contributed by atoms with Crippen molar-refractivity contribution < 1.29 is 9.90 Å². The lowest BCUT2D eigenvalue weighted by Gasteiger charge is -2.48. The molecule has 0 saturated carbocycles. The number of aliphatic carboxylic acids is 1. The van der Waals surface area contributed by atoms with Crippen LogP contribution in [0.5, 0.6) is 0 Å². The molecule has 21 heavy (non-hydrogen) atoms. The Morgan fingerprint density at radius 2 is 1.43 bits per heavy atom. The Balaban J connectivity index is 1.44. The van der Waals surface area contributed by atoms with E-state index in [1.807, 2.05) is 0 Å². The van der Waals surface area contributed by atoms with Gasteiger partial charge in [-0.25, -0.2) is 0 Å². The maximum Gasteiger partial charge on any atom is 0.303 e. The number of hydrogen-bond donors (Lipinski definition) is 1. The van der Waals surface area contributed by atoms with Crippen molar-refractivity contribution in [2.24, 2.45) is 5.92 Å². The molecule has 0 aromatic heterocycles. The van der Waals surface area contributed by atoms with Crippen molar-refractivity contribution in [1.29, 1.82) is 0 Å². The van der Waals surface area contributed by atoms with Crippen molar-refractivity contribution in [3.05, 3.63) is 0 Å². The molecule has 4 heteroatoms. The highest BCUT2D eigenvalue weighted by molar-refractivity contribution is 5.67. The van der Waals surface area contributed by atoms with Crippen molar-refractivity contribution in [1.82, 2.24) is 9.80 Å². The molecule has 4 atom stereocenters. The van der Waals surface area contributed by atoms with Crippen LogP contribution in [0.15, 0.2) is 0 Å². The maximum atomic E-state index is 11.0. The molecule has 0 aromatic rings. The molecular formula is C17H28N2O2. The van der Waals surface area contributed by atoms with E-state index < -0.39 is 5.97 Å². The summed E-state index contributed by atoms with van der Waals surface area (Å²) in [6.07, 6.45) is 10.7. The highest BCUT2D eigenvalue weighted by atomic mass is 16.4. The fourth-order valence-corrected chi connectivity index (χ4v) is 5.96. The van der Waals surface area contributed by atoms with Crippen LogP contribution in [-0.2, 0) is 4.79 Å². The summed E-state index contributed by atoms with van der Waals surface area (Å²) >= 11 is 0. The van der Waals surface area contributed by atoms with Gasteiger partial charge in [-0.3, -0.25) is 9.69 Å². The molecular weight excluding hydrogens is 264 g/mol. The van der Waals surface area contributed by atoms with Crippen LogP contribution in [0.25, 0.3) is 0 Å². The molecule has 0 aliphatic carbocycles. The number of hydrogen-bond acceptors (Lipinski definition) is 3. The minimum Gasteiger partial charge on any atom is -0.481 e. The standard InChI is InChI=1S/C17H28N2O2/c1-18-12-2-3-13(18)10-16(9-12)19-14-4-5-15(19)7-11(6-14)8-17(20)21/h11-16H,2-10H2,1H3,(H,20,21). The number of nitrogens with zero attached hydrogens (tertiary/aromatic N) is 2. The van der Waals surface area contributed by atoms with Gasteiger partial charge in [0.2, 0.25) is 0 Å². The number of piperidine rings is 2. The highest BCUT2D eigenvalue weighted by Gasteiger charge is 2.48. The van der Waals surface area contributed by atoms with Gasteiger partial charge in [-0.1, -0.05) is 0 Å². The van der Waals surface area contributed by atoms with E-state index in [2.05, 4.69) is 16.8 Å². The Labute approximate surface area is 127 Å². The second-order valence-corrected chi connectivity index (χ2v) is 7.94. The van der Waals surface area contributed by atoms with E-state index >= 15 is 0 Å². The van der Waals surface area contributed by atoms with Crippen molar-refractivity contribution >= 4 is 5.97 Å². The zero-order chi connectivity index (χ0) is 14.6. The summed E-state index contributed by atoms with van der Waals surface area (Å²) in [5.41, 5.74) is 0. The quantitative estimate of drug-likeness (QED) is 0.867. The van der Waals surface area contributed by atoms with Crippen LogP contribution in [0.2, 0.25) is 0 Å². The molecule has 1 N–H and O–H groups in total. The van der Waals surface area contributed by atoms with Crippen LogP contribution in [0.1, 0.15) is 57.8 Å². The summed E-state index contributed by atoms with van der Waals surface area (Å²) in [6.45, 7) is 0. The van der Waals surface area contributed by atoms with Gasteiger partial charge in [-0.05, 0) is 64.3 Å². The van der Waals surface area contributed by atoms with E-state index in [4.69, 9.17) is 5.11 Å². The SMILES string of the molecule is CN1C2CCC1CC(N1C3CCC1CC(CC(=O)O)C3)C2. The minimum absolute atomic E-state index is 0.388. The van der Waals surface area contributed by atoms with Gasteiger partial charge in [0.25, 0.3) is 0 Å². The second kappa shape index (κ2) is 5.24. The van der Waals surface area contributed by atoms with Gasteiger partial charge in [0.1, 0.15) is 0 Å². The predicted molar refractivity (Wildman–Crippen MR) is 81.2 cm³/mol. The summed E-state index contributed by atoms with van der Waals surface area (Å²) < 4.78 is 0. The van der Waals surface area contributed by atoms with Gasteiger partial charge < -0.3 is 10.0 Å². The molecule has 0 radical (unpaired) electrons. The first-order valence-corrected chi connectivity index (χ1v) is 8.83. The largest absolute Gasteiger partial charge is 0.481 e. The topological polar surface area (TPSA) is 43.8 Å². The Morgan fingerprint density at radius 3 is 1.95 bits per heavy atom. The van der Waals surface area contributed by atoms with Gasteiger partial charge in [-0.2, -0.15) is 0 Å². The maximum absolute atomic E-state index is 11.0. The molecule has 4 fully saturated rings. The normalized spacial score (nSPS) is 46.9. The summed E-state index contributed by atoms with van der Waals surface area (Å²) in [4.78, 5) is 16.5. The lowest BCUT2D eigenvalue weighted by Crippen LogP contribution is -2.55. The molecule has 4 bridgehead atoms.